The van der Waals surface area contributed by atoms with Crippen molar-refractivity contribution in [2.24, 2.45) is 0 Å². The van der Waals surface area contributed by atoms with E-state index in [1.807, 2.05) is 12.1 Å². The van der Waals surface area contributed by atoms with Crippen LogP contribution in [-0.2, 0) is 23.8 Å². The second-order valence-corrected chi connectivity index (χ2v) is 7.31. The highest BCUT2D eigenvalue weighted by Crippen LogP contribution is 2.38. The Hall–Kier alpha value is -2.80. The topological polar surface area (TPSA) is 58.6 Å². The SMILES string of the molecule is O=C(CC1=CCOc2cc(C(F)(F)F)ccc21)Nc1cccc2c1C[C@H](O)CC2. The summed E-state index contributed by atoms with van der Waals surface area (Å²) < 4.78 is 44.1. The van der Waals surface area contributed by atoms with Gasteiger partial charge in [-0.25, -0.2) is 0 Å². The maximum Gasteiger partial charge on any atom is 0.416 e. The van der Waals surface area contributed by atoms with Crippen LogP contribution in [0.15, 0.2) is 42.5 Å². The highest BCUT2D eigenvalue weighted by Gasteiger charge is 2.32. The predicted octanol–water partition coefficient (Wildman–Crippen LogP) is 4.36. The molecule has 2 aromatic rings. The van der Waals surface area contributed by atoms with Gasteiger partial charge in [0.2, 0.25) is 5.91 Å². The second kappa shape index (κ2) is 7.55. The summed E-state index contributed by atoms with van der Waals surface area (Å²) in [6.45, 7) is 0.115. The molecule has 0 saturated carbocycles. The van der Waals surface area contributed by atoms with E-state index in [0.29, 0.717) is 29.7 Å². The molecule has 29 heavy (non-hydrogen) atoms. The molecule has 4 nitrogen and oxygen atoms in total. The normalized spacial score (nSPS) is 18.2. The van der Waals surface area contributed by atoms with Crippen LogP contribution < -0.4 is 10.1 Å². The van der Waals surface area contributed by atoms with Crippen LogP contribution in [-0.4, -0.2) is 23.7 Å². The maximum absolute atomic E-state index is 12.9. The zero-order valence-corrected chi connectivity index (χ0v) is 15.6. The molecule has 1 atom stereocenters. The van der Waals surface area contributed by atoms with Gasteiger partial charge in [-0.2, -0.15) is 13.2 Å². The fourth-order valence-electron chi connectivity index (χ4n) is 3.85. The minimum atomic E-state index is -4.45. The van der Waals surface area contributed by atoms with Crippen molar-refractivity contribution in [2.45, 2.75) is 38.0 Å². The van der Waals surface area contributed by atoms with E-state index in [0.717, 1.165) is 29.7 Å². The van der Waals surface area contributed by atoms with Gasteiger partial charge in [0.25, 0.3) is 0 Å². The number of carbonyl (C=O) groups is 1. The molecular formula is C22H20F3NO3. The fraction of sp³-hybridized carbons (Fsp3) is 0.318. The van der Waals surface area contributed by atoms with Gasteiger partial charge in [0, 0.05) is 17.7 Å². The van der Waals surface area contributed by atoms with Crippen molar-refractivity contribution in [1.29, 1.82) is 0 Å². The van der Waals surface area contributed by atoms with Crippen molar-refractivity contribution in [3.8, 4) is 5.75 Å². The lowest BCUT2D eigenvalue weighted by Gasteiger charge is -2.24. The first kappa shape index (κ1) is 19.5. The zero-order chi connectivity index (χ0) is 20.6. The van der Waals surface area contributed by atoms with E-state index >= 15 is 0 Å². The number of anilines is 1. The van der Waals surface area contributed by atoms with Crippen molar-refractivity contribution < 1.29 is 27.8 Å². The molecule has 0 fully saturated rings. The number of halogens is 3. The zero-order valence-electron chi connectivity index (χ0n) is 15.6. The third kappa shape index (κ3) is 4.15. The van der Waals surface area contributed by atoms with Crippen LogP contribution in [0.2, 0.25) is 0 Å². The molecule has 0 saturated heterocycles. The Morgan fingerprint density at radius 3 is 2.86 bits per heavy atom. The Labute approximate surface area is 166 Å². The van der Waals surface area contributed by atoms with Crippen LogP contribution in [0.4, 0.5) is 18.9 Å². The Balaban J connectivity index is 1.51. The largest absolute Gasteiger partial charge is 0.489 e. The van der Waals surface area contributed by atoms with Crippen molar-refractivity contribution in [3.05, 3.63) is 64.7 Å². The summed E-state index contributed by atoms with van der Waals surface area (Å²) in [5.74, 6) is -0.136. The number of alkyl halides is 3. The number of carbonyl (C=O) groups excluding carboxylic acids is 1. The third-order valence-corrected chi connectivity index (χ3v) is 5.31. The van der Waals surface area contributed by atoms with Crippen molar-refractivity contribution >= 4 is 17.2 Å². The molecule has 0 spiro atoms. The van der Waals surface area contributed by atoms with Gasteiger partial charge < -0.3 is 15.2 Å². The lowest BCUT2D eigenvalue weighted by atomic mass is 9.88. The predicted molar refractivity (Wildman–Crippen MR) is 103 cm³/mol. The first-order valence-corrected chi connectivity index (χ1v) is 9.43. The maximum atomic E-state index is 12.9. The number of fused-ring (bicyclic) bond motifs is 2. The molecule has 2 aromatic carbocycles. The summed E-state index contributed by atoms with van der Waals surface area (Å²) >= 11 is 0. The summed E-state index contributed by atoms with van der Waals surface area (Å²) in [6.07, 6.45) is -1.19. The van der Waals surface area contributed by atoms with Crippen LogP contribution in [0.25, 0.3) is 5.57 Å². The number of ether oxygens (including phenoxy) is 1. The average molecular weight is 403 g/mol. The highest BCUT2D eigenvalue weighted by atomic mass is 19.4. The molecule has 152 valence electrons. The Morgan fingerprint density at radius 2 is 2.07 bits per heavy atom. The van der Waals surface area contributed by atoms with E-state index < -0.39 is 17.8 Å². The number of nitrogens with one attached hydrogen (secondary N) is 1. The molecule has 1 aliphatic heterocycles. The molecule has 0 bridgehead atoms. The molecule has 4 rings (SSSR count). The Morgan fingerprint density at radius 1 is 1.24 bits per heavy atom. The quantitative estimate of drug-likeness (QED) is 0.801. The number of aryl methyl sites for hydroxylation is 1. The number of amides is 1. The molecule has 2 N–H and O–H groups in total. The number of benzene rings is 2. The van der Waals surface area contributed by atoms with Crippen molar-refractivity contribution in [3.63, 3.8) is 0 Å². The number of aliphatic hydroxyl groups excluding tert-OH is 1. The first-order chi connectivity index (χ1) is 13.8. The van der Waals surface area contributed by atoms with Crippen LogP contribution >= 0.6 is 0 Å². The number of hydrogen-bond donors (Lipinski definition) is 2. The van der Waals surface area contributed by atoms with E-state index in [2.05, 4.69) is 5.32 Å². The van der Waals surface area contributed by atoms with Gasteiger partial charge in [0.05, 0.1) is 18.1 Å². The molecule has 0 aromatic heterocycles. The van der Waals surface area contributed by atoms with E-state index in [9.17, 15) is 23.1 Å². The van der Waals surface area contributed by atoms with Gasteiger partial charge in [-0.1, -0.05) is 18.2 Å². The molecule has 2 aliphatic rings. The Bertz CT molecular complexity index is 982. The van der Waals surface area contributed by atoms with E-state index in [1.165, 1.54) is 6.07 Å². The summed E-state index contributed by atoms with van der Waals surface area (Å²) in [5.41, 5.74) is 3.06. The van der Waals surface area contributed by atoms with Gasteiger partial charge in [-0.3, -0.25) is 4.79 Å². The molecule has 1 amide bonds. The van der Waals surface area contributed by atoms with Gasteiger partial charge in [0.1, 0.15) is 12.4 Å². The van der Waals surface area contributed by atoms with Crippen molar-refractivity contribution in [2.75, 3.05) is 11.9 Å². The van der Waals surface area contributed by atoms with E-state index in [4.69, 9.17) is 4.74 Å². The summed E-state index contributed by atoms with van der Waals surface area (Å²) in [6, 6.07) is 8.97. The minimum absolute atomic E-state index is 0.0218. The molecular weight excluding hydrogens is 383 g/mol. The van der Waals surface area contributed by atoms with Gasteiger partial charge in [0.15, 0.2) is 0 Å². The van der Waals surface area contributed by atoms with Crippen LogP contribution in [0.3, 0.4) is 0 Å². The summed E-state index contributed by atoms with van der Waals surface area (Å²) in [5, 5.41) is 12.8. The molecule has 7 heteroatoms. The lowest BCUT2D eigenvalue weighted by Crippen LogP contribution is -2.22. The molecule has 1 aliphatic carbocycles. The van der Waals surface area contributed by atoms with Gasteiger partial charge >= 0.3 is 6.18 Å². The Kier molecular flexibility index (Phi) is 5.08. The molecule has 1 heterocycles. The summed E-state index contributed by atoms with van der Waals surface area (Å²) in [7, 11) is 0. The monoisotopic (exact) mass is 403 g/mol. The minimum Gasteiger partial charge on any atom is -0.489 e. The number of hydrogen-bond acceptors (Lipinski definition) is 3. The average Bonchev–Trinajstić information content (AvgIpc) is 2.67. The van der Waals surface area contributed by atoms with Gasteiger partial charge in [-0.15, -0.1) is 0 Å². The van der Waals surface area contributed by atoms with Crippen LogP contribution in [0.5, 0.6) is 5.75 Å². The number of rotatable bonds is 3. The second-order valence-electron chi connectivity index (χ2n) is 7.31. The smallest absolute Gasteiger partial charge is 0.416 e. The lowest BCUT2D eigenvalue weighted by molar-refractivity contribution is -0.137. The molecule has 0 unspecified atom stereocenters. The van der Waals surface area contributed by atoms with Crippen LogP contribution in [0.1, 0.15) is 35.1 Å². The first-order valence-electron chi connectivity index (χ1n) is 9.43. The highest BCUT2D eigenvalue weighted by molar-refractivity contribution is 5.99. The number of aliphatic hydroxyl groups is 1. The molecule has 0 radical (unpaired) electrons. The van der Waals surface area contributed by atoms with Gasteiger partial charge in [-0.05, 0) is 53.8 Å². The van der Waals surface area contributed by atoms with E-state index in [1.54, 1.807) is 12.1 Å². The third-order valence-electron chi connectivity index (χ3n) is 5.31. The standard InChI is InChI=1S/C22H20F3NO3/c23-22(24,25)15-5-7-17-14(8-9-29-20(17)11-15)10-21(28)26-19-3-1-2-13-4-6-16(27)12-18(13)19/h1-3,5,7-8,11,16,27H,4,6,9-10,12H2,(H,26,28)/t16-/m1/s1. The van der Waals surface area contributed by atoms with E-state index in [-0.39, 0.29) is 24.7 Å². The summed E-state index contributed by atoms with van der Waals surface area (Å²) in [4.78, 5) is 12.6. The van der Waals surface area contributed by atoms with Crippen LogP contribution in [0, 0.1) is 0 Å². The fourth-order valence-corrected chi connectivity index (χ4v) is 3.85. The van der Waals surface area contributed by atoms with Crippen molar-refractivity contribution in [1.82, 2.24) is 0 Å².